The van der Waals surface area contributed by atoms with Gasteiger partial charge in [0.15, 0.2) is 0 Å². The van der Waals surface area contributed by atoms with Crippen LogP contribution in [0.15, 0.2) is 0 Å². The van der Waals surface area contributed by atoms with Gasteiger partial charge in [-0.2, -0.15) is 43.2 Å². The second-order valence-electron chi connectivity index (χ2n) is 6.04. The summed E-state index contributed by atoms with van der Waals surface area (Å²) in [5, 5.41) is -1.78. The molecule has 0 aliphatic carbocycles. The van der Waals surface area contributed by atoms with Gasteiger partial charge in [0.1, 0.15) is 0 Å². The van der Waals surface area contributed by atoms with Crippen molar-refractivity contribution in [3.63, 3.8) is 0 Å². The van der Waals surface area contributed by atoms with Crippen molar-refractivity contribution < 1.29 is 50.9 Å². The molecule has 0 saturated carbocycles. The number of hydrogen-bond donors (Lipinski definition) is 0. The van der Waals surface area contributed by atoms with E-state index in [1.807, 2.05) is 0 Å². The van der Waals surface area contributed by atoms with Crippen LogP contribution in [0.1, 0.15) is 34.6 Å². The predicted molar refractivity (Wildman–Crippen MR) is 72.7 cm³/mol. The second-order valence-corrected chi connectivity index (χ2v) is 14.1. The SMILES string of the molecule is CC(C)[Si](OS(=O)(=O)C(F)(F)F)(OS(=O)(=O)C(F)(F)F)C(C)(C)C. The number of hydrogen-bond acceptors (Lipinski definition) is 6. The van der Waals surface area contributed by atoms with Gasteiger partial charge < -0.3 is 0 Å². The lowest BCUT2D eigenvalue weighted by Gasteiger charge is -2.41. The Bertz CT molecular complexity index is 612. The third kappa shape index (κ3) is 4.62. The fraction of sp³-hybridized carbons (Fsp3) is 1.00. The lowest BCUT2D eigenvalue weighted by Crippen LogP contribution is -2.57. The number of halogens is 6. The molecule has 0 fully saturated rings. The lowest BCUT2D eigenvalue weighted by molar-refractivity contribution is -0.0538. The van der Waals surface area contributed by atoms with Gasteiger partial charge in [0.2, 0.25) is 0 Å². The Labute approximate surface area is 136 Å². The third-order valence-corrected chi connectivity index (χ3v) is 11.3. The summed E-state index contributed by atoms with van der Waals surface area (Å²) >= 11 is 0. The molecule has 0 spiro atoms. The predicted octanol–water partition coefficient (Wildman–Crippen LogP) is 3.37. The van der Waals surface area contributed by atoms with Crippen LogP contribution in [-0.4, -0.2) is 36.4 Å². The van der Waals surface area contributed by atoms with Gasteiger partial charge in [-0.25, -0.2) is 0 Å². The Morgan fingerprint density at radius 3 is 1.12 bits per heavy atom. The zero-order chi connectivity index (χ0) is 20.0. The first-order valence-electron chi connectivity index (χ1n) is 6.14. The molecular weight excluding hydrogens is 410 g/mol. The minimum Gasteiger partial charge on any atom is -0.276 e. The van der Waals surface area contributed by atoms with Crippen molar-refractivity contribution in [1.29, 1.82) is 0 Å². The van der Waals surface area contributed by atoms with Crippen LogP contribution in [0.3, 0.4) is 0 Å². The molecule has 0 atom stereocenters. The molecule has 0 N–H and O–H groups in total. The van der Waals surface area contributed by atoms with E-state index in [-0.39, 0.29) is 0 Å². The third-order valence-electron chi connectivity index (χ3n) is 2.84. The minimum absolute atomic E-state index is 1.01. The van der Waals surface area contributed by atoms with Crippen molar-refractivity contribution in [3.8, 4) is 0 Å². The summed E-state index contributed by atoms with van der Waals surface area (Å²) in [6.45, 7) is 5.09. The van der Waals surface area contributed by atoms with Crippen LogP contribution >= 0.6 is 0 Å². The van der Waals surface area contributed by atoms with Crippen LogP contribution in [0, 0.1) is 0 Å². The largest absolute Gasteiger partial charge is 0.522 e. The van der Waals surface area contributed by atoms with E-state index in [1.54, 1.807) is 0 Å². The normalized spacial score (nSPS) is 15.8. The monoisotopic (exact) mass is 426 g/mol. The van der Waals surface area contributed by atoms with Crippen molar-refractivity contribution in [3.05, 3.63) is 0 Å². The molecule has 0 rings (SSSR count). The molecule has 0 aromatic carbocycles. The molecule has 0 radical (unpaired) electrons. The Hall–Kier alpha value is -0.383. The van der Waals surface area contributed by atoms with E-state index in [1.165, 1.54) is 0 Å². The van der Waals surface area contributed by atoms with Gasteiger partial charge in [-0.05, 0) is 5.54 Å². The highest BCUT2D eigenvalue weighted by atomic mass is 32.2. The molecule has 0 heterocycles. The van der Waals surface area contributed by atoms with Crippen LogP contribution in [0.5, 0.6) is 0 Å². The molecule has 0 aromatic heterocycles. The van der Waals surface area contributed by atoms with Crippen LogP contribution in [0.25, 0.3) is 0 Å². The average molecular weight is 426 g/mol. The zero-order valence-corrected chi connectivity index (χ0v) is 15.7. The van der Waals surface area contributed by atoms with Gasteiger partial charge in [-0.15, -0.1) is 0 Å². The Kier molecular flexibility index (Phi) is 6.30. The number of alkyl halides is 6. The van der Waals surface area contributed by atoms with E-state index in [2.05, 4.69) is 7.74 Å². The Morgan fingerprint density at radius 1 is 0.750 bits per heavy atom. The summed E-state index contributed by atoms with van der Waals surface area (Å²) in [5.74, 6) is 0. The van der Waals surface area contributed by atoms with Crippen molar-refractivity contribution >= 4 is 28.8 Å². The van der Waals surface area contributed by atoms with E-state index >= 15 is 0 Å². The van der Waals surface area contributed by atoms with E-state index in [0.717, 1.165) is 34.6 Å². The van der Waals surface area contributed by atoms with Gasteiger partial charge >= 0.3 is 39.8 Å². The second kappa shape index (κ2) is 6.41. The first-order valence-corrected chi connectivity index (χ1v) is 10.9. The standard InChI is InChI=1S/C9H16F6O6S2Si/c1-6(2)24(7(3,4)5,20-22(16,17)8(10,11)12)21-23(18,19)9(13,14)15/h6H,1-5H3. The summed E-state index contributed by atoms with van der Waals surface area (Å²) in [6.07, 6.45) is 0. The quantitative estimate of drug-likeness (QED) is 0.381. The highest BCUT2D eigenvalue weighted by molar-refractivity contribution is 7.90. The summed E-state index contributed by atoms with van der Waals surface area (Å²) in [4.78, 5) is 0. The lowest BCUT2D eigenvalue weighted by atomic mass is 10.2. The van der Waals surface area contributed by atoms with E-state index in [9.17, 15) is 43.2 Å². The number of rotatable bonds is 5. The molecule has 0 bridgehead atoms. The summed E-state index contributed by atoms with van der Waals surface area (Å²) < 4.78 is 129. The van der Waals surface area contributed by atoms with Crippen LogP contribution in [0.2, 0.25) is 10.6 Å². The highest BCUT2D eigenvalue weighted by Gasteiger charge is 2.65. The minimum atomic E-state index is -6.40. The summed E-state index contributed by atoms with van der Waals surface area (Å²) in [5.41, 5.74) is -13.3. The van der Waals surface area contributed by atoms with E-state index in [4.69, 9.17) is 0 Å². The van der Waals surface area contributed by atoms with Crippen molar-refractivity contribution in [2.75, 3.05) is 0 Å². The molecular formula is C9H16F6O6S2Si. The van der Waals surface area contributed by atoms with E-state index in [0.29, 0.717) is 0 Å². The molecule has 0 aliphatic heterocycles. The molecule has 0 unspecified atom stereocenters. The fourth-order valence-electron chi connectivity index (χ4n) is 1.74. The fourth-order valence-corrected chi connectivity index (χ4v) is 10.7. The zero-order valence-electron chi connectivity index (χ0n) is 13.1. The first-order chi connectivity index (χ1) is 10.1. The van der Waals surface area contributed by atoms with Gasteiger partial charge in [-0.1, -0.05) is 34.6 Å². The highest BCUT2D eigenvalue weighted by Crippen LogP contribution is 2.49. The van der Waals surface area contributed by atoms with Crippen LogP contribution < -0.4 is 0 Å². The summed E-state index contributed by atoms with van der Waals surface area (Å²) in [6, 6.07) is 0. The maximum absolute atomic E-state index is 12.6. The van der Waals surface area contributed by atoms with E-state index < -0.39 is 50.4 Å². The molecule has 0 amide bonds. The van der Waals surface area contributed by atoms with Crippen LogP contribution in [-0.2, 0) is 28.0 Å². The van der Waals surface area contributed by atoms with Gasteiger partial charge in [0.25, 0.3) is 0 Å². The molecule has 0 saturated heterocycles. The molecule has 15 heteroatoms. The van der Waals surface area contributed by atoms with Gasteiger partial charge in [0, 0.05) is 5.04 Å². The molecule has 0 aromatic rings. The Morgan fingerprint density at radius 2 is 1.00 bits per heavy atom. The first kappa shape index (κ1) is 23.6. The molecule has 0 aliphatic rings. The van der Waals surface area contributed by atoms with Crippen molar-refractivity contribution in [2.24, 2.45) is 0 Å². The van der Waals surface area contributed by atoms with Crippen molar-refractivity contribution in [1.82, 2.24) is 0 Å². The molecule has 24 heavy (non-hydrogen) atoms. The van der Waals surface area contributed by atoms with Crippen LogP contribution in [0.4, 0.5) is 26.3 Å². The van der Waals surface area contributed by atoms with Gasteiger partial charge in [0.05, 0.1) is 0 Å². The molecule has 6 nitrogen and oxygen atoms in total. The maximum Gasteiger partial charge on any atom is 0.522 e. The smallest absolute Gasteiger partial charge is 0.276 e. The molecule has 146 valence electrons. The average Bonchev–Trinajstić information content (AvgIpc) is 2.21. The topological polar surface area (TPSA) is 86.7 Å². The Balaban J connectivity index is 6.47. The van der Waals surface area contributed by atoms with Crippen molar-refractivity contribution in [2.45, 2.75) is 56.2 Å². The maximum atomic E-state index is 12.6. The van der Waals surface area contributed by atoms with Gasteiger partial charge in [-0.3, -0.25) is 7.74 Å². The summed E-state index contributed by atoms with van der Waals surface area (Å²) in [7, 11) is -18.0.